The summed E-state index contributed by atoms with van der Waals surface area (Å²) < 4.78 is 31.0. The molecule has 3 rings (SSSR count). The second-order valence-electron chi connectivity index (χ2n) is 8.25. The number of sulfone groups is 1. The third kappa shape index (κ3) is 6.12. The lowest BCUT2D eigenvalue weighted by molar-refractivity contribution is 0.0319. The minimum atomic E-state index is -3.48. The van der Waals surface area contributed by atoms with Crippen LogP contribution < -0.4 is 4.90 Å². The highest BCUT2D eigenvalue weighted by molar-refractivity contribution is 7.93. The summed E-state index contributed by atoms with van der Waals surface area (Å²) in [6.45, 7) is 6.63. The van der Waals surface area contributed by atoms with Gasteiger partial charge in [0, 0.05) is 12.7 Å². The number of anilines is 1. The van der Waals surface area contributed by atoms with Gasteiger partial charge in [-0.1, -0.05) is 44.9 Å². The van der Waals surface area contributed by atoms with Crippen LogP contribution in [0.4, 0.5) is 9.93 Å². The lowest BCUT2D eigenvalue weighted by atomic mass is 10.1. The number of rotatable bonds is 12. The molecule has 2 aromatic heterocycles. The minimum absolute atomic E-state index is 0.0273. The summed E-state index contributed by atoms with van der Waals surface area (Å²) in [4.78, 5) is 37.2. The molecule has 0 spiro atoms. The zero-order valence-corrected chi connectivity index (χ0v) is 21.5. The monoisotopic (exact) mass is 508 g/mol. The highest BCUT2D eigenvalue weighted by atomic mass is 32.2. The van der Waals surface area contributed by atoms with E-state index in [4.69, 9.17) is 4.74 Å². The maximum absolute atomic E-state index is 13.1. The first-order valence-corrected chi connectivity index (χ1v) is 14.2. The van der Waals surface area contributed by atoms with Crippen molar-refractivity contribution in [3.63, 3.8) is 0 Å². The Balaban J connectivity index is 1.83. The number of thiazole rings is 1. The van der Waals surface area contributed by atoms with Gasteiger partial charge in [0.2, 0.25) is 6.23 Å². The molecule has 2 aromatic rings. The normalized spacial score (nSPS) is 16.3. The van der Waals surface area contributed by atoms with Crippen LogP contribution in [0.3, 0.4) is 0 Å². The summed E-state index contributed by atoms with van der Waals surface area (Å²) in [6.07, 6.45) is 6.85. The first kappa shape index (κ1) is 26.1. The van der Waals surface area contributed by atoms with Crippen LogP contribution in [0.1, 0.15) is 68.9 Å². The van der Waals surface area contributed by atoms with E-state index in [0.29, 0.717) is 13.0 Å². The van der Waals surface area contributed by atoms with E-state index in [-0.39, 0.29) is 33.4 Å². The van der Waals surface area contributed by atoms with Crippen LogP contribution in [0.2, 0.25) is 0 Å². The number of hydrogen-bond acceptors (Lipinski definition) is 8. The first-order valence-electron chi connectivity index (χ1n) is 11.7. The van der Waals surface area contributed by atoms with Crippen molar-refractivity contribution < 1.29 is 22.7 Å². The van der Waals surface area contributed by atoms with Gasteiger partial charge in [0.25, 0.3) is 0 Å². The van der Waals surface area contributed by atoms with E-state index in [2.05, 4.69) is 16.9 Å². The standard InChI is InChI=1S/C23H32N4O5S2/c1-4-7-9-17-10-11-24-18(14-17)21(28)32-19-16-26(12-6-3)23(29)27(19)22-25-15-20(33-22)34(30,31)13-8-5-2/h10-11,14-15,19H,4-9,12-13,16H2,1-3H3. The lowest BCUT2D eigenvalue weighted by Crippen LogP contribution is -2.37. The molecule has 0 saturated carbocycles. The quantitative estimate of drug-likeness (QED) is 0.393. The van der Waals surface area contributed by atoms with Crippen molar-refractivity contribution in [2.45, 2.75) is 69.7 Å². The minimum Gasteiger partial charge on any atom is -0.434 e. The number of pyridine rings is 1. The Hall–Kier alpha value is -2.53. The predicted octanol–water partition coefficient (Wildman–Crippen LogP) is 4.29. The van der Waals surface area contributed by atoms with Gasteiger partial charge < -0.3 is 9.64 Å². The van der Waals surface area contributed by atoms with Gasteiger partial charge >= 0.3 is 12.0 Å². The van der Waals surface area contributed by atoms with Crippen LogP contribution in [0.5, 0.6) is 0 Å². The Morgan fingerprint density at radius 1 is 1.18 bits per heavy atom. The van der Waals surface area contributed by atoms with Crippen molar-refractivity contribution in [3.05, 3.63) is 35.8 Å². The Bertz CT molecular complexity index is 1100. The van der Waals surface area contributed by atoms with Crippen molar-refractivity contribution in [1.29, 1.82) is 0 Å². The van der Waals surface area contributed by atoms with Crippen molar-refractivity contribution in [1.82, 2.24) is 14.9 Å². The molecule has 1 fully saturated rings. The number of unbranched alkanes of at least 4 members (excludes halogenated alkanes) is 2. The Morgan fingerprint density at radius 2 is 1.94 bits per heavy atom. The number of esters is 1. The number of urea groups is 1. The van der Waals surface area contributed by atoms with Crippen LogP contribution in [0, 0.1) is 0 Å². The summed E-state index contributed by atoms with van der Waals surface area (Å²) >= 11 is 0.922. The molecule has 0 bridgehead atoms. The van der Waals surface area contributed by atoms with Gasteiger partial charge in [0.15, 0.2) is 15.0 Å². The molecule has 1 saturated heterocycles. The molecule has 11 heteroatoms. The molecule has 1 aliphatic heterocycles. The molecule has 0 aliphatic carbocycles. The fourth-order valence-electron chi connectivity index (χ4n) is 3.62. The average molecular weight is 509 g/mol. The molecular formula is C23H32N4O5S2. The van der Waals surface area contributed by atoms with Gasteiger partial charge in [-0.25, -0.2) is 32.9 Å². The highest BCUT2D eigenvalue weighted by Crippen LogP contribution is 2.33. The number of amides is 2. The van der Waals surface area contributed by atoms with Crippen LogP contribution in [0.25, 0.3) is 0 Å². The van der Waals surface area contributed by atoms with Gasteiger partial charge in [-0.15, -0.1) is 0 Å². The summed E-state index contributed by atoms with van der Waals surface area (Å²) in [7, 11) is -3.48. The van der Waals surface area contributed by atoms with E-state index in [1.54, 1.807) is 17.2 Å². The van der Waals surface area contributed by atoms with Gasteiger partial charge in [-0.2, -0.15) is 0 Å². The molecular weight excluding hydrogens is 476 g/mol. The number of ether oxygens (including phenoxy) is 1. The van der Waals surface area contributed by atoms with E-state index in [0.717, 1.165) is 49.0 Å². The molecule has 9 nitrogen and oxygen atoms in total. The number of aryl methyl sites for hydroxylation is 1. The molecule has 1 atom stereocenters. The average Bonchev–Trinajstić information content (AvgIpc) is 3.42. The van der Waals surface area contributed by atoms with Crippen molar-refractivity contribution in [2.24, 2.45) is 0 Å². The molecule has 0 aromatic carbocycles. The van der Waals surface area contributed by atoms with E-state index < -0.39 is 22.0 Å². The number of carbonyl (C=O) groups is 2. The van der Waals surface area contributed by atoms with E-state index in [9.17, 15) is 18.0 Å². The van der Waals surface area contributed by atoms with Crippen LogP contribution in [-0.4, -0.2) is 60.4 Å². The van der Waals surface area contributed by atoms with Crippen molar-refractivity contribution in [3.8, 4) is 0 Å². The zero-order valence-electron chi connectivity index (χ0n) is 19.9. The van der Waals surface area contributed by atoms with Gasteiger partial charge in [0.1, 0.15) is 9.90 Å². The summed E-state index contributed by atoms with van der Waals surface area (Å²) in [5.41, 5.74) is 1.18. The molecule has 186 valence electrons. The molecule has 0 N–H and O–H groups in total. The topological polar surface area (TPSA) is 110 Å². The lowest BCUT2D eigenvalue weighted by Gasteiger charge is -2.20. The van der Waals surface area contributed by atoms with Crippen LogP contribution >= 0.6 is 11.3 Å². The van der Waals surface area contributed by atoms with Gasteiger partial charge in [-0.3, -0.25) is 0 Å². The maximum Gasteiger partial charge on any atom is 0.358 e. The maximum atomic E-state index is 13.1. The van der Waals surface area contributed by atoms with E-state index in [1.807, 2.05) is 19.9 Å². The first-order chi connectivity index (χ1) is 16.3. The fourth-order valence-corrected chi connectivity index (χ4v) is 6.37. The number of carbonyl (C=O) groups excluding carboxylic acids is 2. The Morgan fingerprint density at radius 3 is 2.65 bits per heavy atom. The number of hydrogen-bond donors (Lipinski definition) is 0. The Labute approximate surface area is 205 Å². The smallest absolute Gasteiger partial charge is 0.358 e. The summed E-state index contributed by atoms with van der Waals surface area (Å²) in [6, 6.07) is 3.22. The number of aromatic nitrogens is 2. The zero-order chi connectivity index (χ0) is 24.7. The molecule has 34 heavy (non-hydrogen) atoms. The Kier molecular flexibility index (Phi) is 9.01. The highest BCUT2D eigenvalue weighted by Gasteiger charge is 2.42. The third-order valence-corrected chi connectivity index (χ3v) is 8.83. The second kappa shape index (κ2) is 11.7. The van der Waals surface area contributed by atoms with E-state index in [1.165, 1.54) is 11.1 Å². The molecule has 1 unspecified atom stereocenters. The van der Waals surface area contributed by atoms with Crippen molar-refractivity contribution in [2.75, 3.05) is 23.7 Å². The molecule has 3 heterocycles. The van der Waals surface area contributed by atoms with Crippen LogP contribution in [-0.2, 0) is 21.0 Å². The molecule has 1 aliphatic rings. The van der Waals surface area contributed by atoms with Crippen molar-refractivity contribution >= 4 is 38.3 Å². The fraction of sp³-hybridized carbons (Fsp3) is 0.565. The predicted molar refractivity (Wildman–Crippen MR) is 131 cm³/mol. The summed E-state index contributed by atoms with van der Waals surface area (Å²) in [5, 5.41) is 0.195. The number of nitrogens with zero attached hydrogens (tertiary/aromatic N) is 4. The van der Waals surface area contributed by atoms with Gasteiger partial charge in [0.05, 0.1) is 18.5 Å². The van der Waals surface area contributed by atoms with Gasteiger partial charge in [-0.05, 0) is 43.4 Å². The second-order valence-corrected chi connectivity index (χ2v) is 11.6. The largest absolute Gasteiger partial charge is 0.434 e. The van der Waals surface area contributed by atoms with Crippen LogP contribution in [0.15, 0.2) is 28.7 Å². The summed E-state index contributed by atoms with van der Waals surface area (Å²) in [5.74, 6) is -0.605. The molecule has 2 amide bonds. The van der Waals surface area contributed by atoms with E-state index >= 15 is 0 Å². The SMILES string of the molecule is CCCCc1ccnc(C(=O)OC2CN(CCC)C(=O)N2c2ncc(S(=O)(=O)CCCC)s2)c1. The third-order valence-electron chi connectivity index (χ3n) is 5.48. The molecule has 0 radical (unpaired) electrons.